The lowest BCUT2D eigenvalue weighted by molar-refractivity contribution is -0.124. The molecule has 2 rings (SSSR count). The van der Waals surface area contributed by atoms with Crippen LogP contribution in [-0.2, 0) is 4.79 Å². The van der Waals surface area contributed by atoms with Gasteiger partial charge in [0.1, 0.15) is 0 Å². The minimum absolute atomic E-state index is 0.0361. The normalized spacial score (nSPS) is 12.8. The highest BCUT2D eigenvalue weighted by atomic mass is 32.2. The first-order valence-electron chi connectivity index (χ1n) is 6.72. The molecule has 2 aromatic rings. The second-order valence-electron chi connectivity index (χ2n) is 4.98. The Morgan fingerprint density at radius 3 is 2.90 bits per heavy atom. The van der Waals surface area contributed by atoms with Crippen LogP contribution < -0.4 is 5.32 Å². The zero-order valence-corrected chi connectivity index (χ0v) is 12.9. The van der Waals surface area contributed by atoms with Crippen molar-refractivity contribution in [3.63, 3.8) is 0 Å². The number of carbonyl (C=O) groups excluding carboxylic acids is 1. The van der Waals surface area contributed by atoms with Gasteiger partial charge in [0.2, 0.25) is 5.91 Å². The molecule has 2 heterocycles. The molecule has 0 fully saturated rings. The van der Waals surface area contributed by atoms with Crippen molar-refractivity contribution in [2.45, 2.75) is 26.3 Å². The van der Waals surface area contributed by atoms with Gasteiger partial charge in [-0.3, -0.25) is 9.20 Å². The monoisotopic (exact) mass is 292 g/mol. The molecular formula is C14H20N4OS. The molecule has 1 atom stereocenters. The Hall–Kier alpha value is -1.56. The van der Waals surface area contributed by atoms with E-state index in [1.165, 1.54) is 0 Å². The molecule has 0 saturated carbocycles. The Morgan fingerprint density at radius 1 is 1.40 bits per heavy atom. The van der Waals surface area contributed by atoms with Gasteiger partial charge in [0, 0.05) is 12.1 Å². The van der Waals surface area contributed by atoms with Crippen LogP contribution in [0.2, 0.25) is 0 Å². The van der Waals surface area contributed by atoms with Gasteiger partial charge in [0.15, 0.2) is 11.5 Å². The maximum absolute atomic E-state index is 12.0. The molecule has 6 heteroatoms. The average molecular weight is 292 g/mol. The summed E-state index contributed by atoms with van der Waals surface area (Å²) in [5, 5.41) is 11.5. The number of hydrogen-bond donors (Lipinski definition) is 1. The number of carbonyl (C=O) groups is 1. The molecule has 1 amide bonds. The van der Waals surface area contributed by atoms with Gasteiger partial charge >= 0.3 is 0 Å². The van der Waals surface area contributed by atoms with Gasteiger partial charge in [-0.25, -0.2) is 0 Å². The number of pyridine rings is 1. The van der Waals surface area contributed by atoms with Crippen molar-refractivity contribution in [1.29, 1.82) is 0 Å². The molecule has 1 unspecified atom stereocenters. The van der Waals surface area contributed by atoms with Crippen LogP contribution in [0.1, 0.15) is 32.1 Å². The highest BCUT2D eigenvalue weighted by Gasteiger charge is 2.21. The van der Waals surface area contributed by atoms with Crippen LogP contribution in [0.25, 0.3) is 5.65 Å². The average Bonchev–Trinajstić information content (AvgIpc) is 2.87. The summed E-state index contributed by atoms with van der Waals surface area (Å²) in [4.78, 5) is 12.0. The van der Waals surface area contributed by atoms with Crippen LogP contribution in [0.5, 0.6) is 0 Å². The standard InChI is InChI=1S/C14H20N4OS/c1-10(2)14(19)15-11(7-9-20-3)13-17-16-12-6-4-5-8-18(12)13/h4-6,8,10-11H,7,9H2,1-3H3,(H,15,19). The van der Waals surface area contributed by atoms with Gasteiger partial charge in [-0.15, -0.1) is 10.2 Å². The summed E-state index contributed by atoms with van der Waals surface area (Å²) in [6.07, 6.45) is 4.83. The lowest BCUT2D eigenvalue weighted by Crippen LogP contribution is -2.33. The maximum atomic E-state index is 12.0. The van der Waals surface area contributed by atoms with Crippen LogP contribution in [0.3, 0.4) is 0 Å². The van der Waals surface area contributed by atoms with Crippen LogP contribution >= 0.6 is 11.8 Å². The second kappa shape index (κ2) is 6.74. The van der Waals surface area contributed by atoms with Gasteiger partial charge in [-0.05, 0) is 30.6 Å². The summed E-state index contributed by atoms with van der Waals surface area (Å²) < 4.78 is 1.94. The third-order valence-corrected chi connectivity index (χ3v) is 3.75. The molecule has 0 aliphatic rings. The molecule has 0 radical (unpaired) electrons. The lowest BCUT2D eigenvalue weighted by atomic mass is 10.1. The summed E-state index contributed by atoms with van der Waals surface area (Å²) in [6.45, 7) is 3.78. The van der Waals surface area contributed by atoms with Crippen molar-refractivity contribution in [2.75, 3.05) is 12.0 Å². The van der Waals surface area contributed by atoms with E-state index in [2.05, 4.69) is 21.8 Å². The molecule has 20 heavy (non-hydrogen) atoms. The summed E-state index contributed by atoms with van der Waals surface area (Å²) in [6, 6.07) is 5.68. The third-order valence-electron chi connectivity index (χ3n) is 3.10. The van der Waals surface area contributed by atoms with Crippen LogP contribution in [-0.4, -0.2) is 32.5 Å². The molecule has 1 N–H and O–H groups in total. The summed E-state index contributed by atoms with van der Waals surface area (Å²) in [5.74, 6) is 1.77. The van der Waals surface area contributed by atoms with Crippen molar-refractivity contribution in [1.82, 2.24) is 19.9 Å². The Morgan fingerprint density at radius 2 is 2.20 bits per heavy atom. The topological polar surface area (TPSA) is 59.3 Å². The Bertz CT molecular complexity index is 581. The van der Waals surface area contributed by atoms with E-state index in [4.69, 9.17) is 0 Å². The first-order chi connectivity index (χ1) is 9.63. The van der Waals surface area contributed by atoms with Crippen molar-refractivity contribution in [2.24, 2.45) is 5.92 Å². The minimum atomic E-state index is -0.102. The van der Waals surface area contributed by atoms with Crippen molar-refractivity contribution >= 4 is 23.3 Å². The minimum Gasteiger partial charge on any atom is -0.346 e. The zero-order chi connectivity index (χ0) is 14.5. The number of nitrogens with zero attached hydrogens (tertiary/aromatic N) is 3. The van der Waals surface area contributed by atoms with E-state index >= 15 is 0 Å². The molecule has 0 aromatic carbocycles. The largest absolute Gasteiger partial charge is 0.346 e. The maximum Gasteiger partial charge on any atom is 0.223 e. The number of amides is 1. The first-order valence-corrected chi connectivity index (χ1v) is 8.12. The molecule has 2 aromatic heterocycles. The molecule has 108 valence electrons. The van der Waals surface area contributed by atoms with E-state index in [-0.39, 0.29) is 17.9 Å². The van der Waals surface area contributed by atoms with Crippen LogP contribution in [0.15, 0.2) is 24.4 Å². The zero-order valence-electron chi connectivity index (χ0n) is 12.0. The summed E-state index contributed by atoms with van der Waals surface area (Å²) in [7, 11) is 0. The van der Waals surface area contributed by atoms with Crippen LogP contribution in [0.4, 0.5) is 0 Å². The summed E-state index contributed by atoms with van der Waals surface area (Å²) in [5.41, 5.74) is 0.801. The van der Waals surface area contributed by atoms with Gasteiger partial charge in [0.25, 0.3) is 0 Å². The van der Waals surface area contributed by atoms with E-state index in [0.717, 1.165) is 23.6 Å². The quantitative estimate of drug-likeness (QED) is 0.887. The predicted molar refractivity (Wildman–Crippen MR) is 81.7 cm³/mol. The molecule has 0 spiro atoms. The molecular weight excluding hydrogens is 272 g/mol. The molecule has 5 nitrogen and oxygen atoms in total. The summed E-state index contributed by atoms with van der Waals surface area (Å²) >= 11 is 1.76. The molecule has 0 bridgehead atoms. The highest BCUT2D eigenvalue weighted by molar-refractivity contribution is 7.98. The molecule has 0 aliphatic heterocycles. The van der Waals surface area contributed by atoms with Gasteiger partial charge < -0.3 is 5.32 Å². The highest BCUT2D eigenvalue weighted by Crippen LogP contribution is 2.18. The number of fused-ring (bicyclic) bond motifs is 1. The lowest BCUT2D eigenvalue weighted by Gasteiger charge is -2.18. The first kappa shape index (κ1) is 14.8. The smallest absolute Gasteiger partial charge is 0.223 e. The fourth-order valence-corrected chi connectivity index (χ4v) is 2.41. The van der Waals surface area contributed by atoms with Crippen molar-refractivity contribution in [3.05, 3.63) is 30.2 Å². The number of hydrogen-bond acceptors (Lipinski definition) is 4. The van der Waals surface area contributed by atoms with E-state index in [1.54, 1.807) is 11.8 Å². The van der Waals surface area contributed by atoms with E-state index in [0.29, 0.717) is 0 Å². The number of aromatic nitrogens is 3. The fraction of sp³-hybridized carbons (Fsp3) is 0.500. The fourth-order valence-electron chi connectivity index (χ4n) is 1.94. The number of thioether (sulfide) groups is 1. The Balaban J connectivity index is 2.27. The van der Waals surface area contributed by atoms with Crippen LogP contribution in [0, 0.1) is 5.92 Å². The van der Waals surface area contributed by atoms with E-state index in [1.807, 2.05) is 42.6 Å². The number of rotatable bonds is 6. The Labute approximate surface area is 123 Å². The van der Waals surface area contributed by atoms with Crippen molar-refractivity contribution in [3.8, 4) is 0 Å². The predicted octanol–water partition coefficient (Wildman–Crippen LogP) is 2.30. The van der Waals surface area contributed by atoms with Gasteiger partial charge in [-0.1, -0.05) is 19.9 Å². The van der Waals surface area contributed by atoms with Gasteiger partial charge in [-0.2, -0.15) is 11.8 Å². The molecule has 0 saturated heterocycles. The van der Waals surface area contributed by atoms with E-state index < -0.39 is 0 Å². The second-order valence-corrected chi connectivity index (χ2v) is 5.97. The third kappa shape index (κ3) is 3.30. The number of nitrogens with one attached hydrogen (secondary N) is 1. The van der Waals surface area contributed by atoms with Crippen molar-refractivity contribution < 1.29 is 4.79 Å². The van der Waals surface area contributed by atoms with E-state index in [9.17, 15) is 4.79 Å². The van der Waals surface area contributed by atoms with Gasteiger partial charge in [0.05, 0.1) is 6.04 Å². The Kier molecular flexibility index (Phi) is 5.00. The SMILES string of the molecule is CSCCC(NC(=O)C(C)C)c1nnc2ccccn12. The molecule has 0 aliphatic carbocycles.